The molecule has 0 aromatic carbocycles. The van der Waals surface area contributed by atoms with Crippen LogP contribution in [0.4, 0.5) is 0 Å². The van der Waals surface area contributed by atoms with E-state index in [9.17, 15) is 9.59 Å². The minimum absolute atomic E-state index is 0.000963. The molecule has 112 valence electrons. The first kappa shape index (κ1) is 18.6. The lowest BCUT2D eigenvalue weighted by atomic mass is 10.5. The Labute approximate surface area is 126 Å². The first-order valence-corrected chi connectivity index (χ1v) is 7.47. The van der Waals surface area contributed by atoms with Gasteiger partial charge in [0.1, 0.15) is 0 Å². The zero-order chi connectivity index (χ0) is 14.3. The van der Waals surface area contributed by atoms with Gasteiger partial charge >= 0.3 is 5.97 Å². The summed E-state index contributed by atoms with van der Waals surface area (Å²) in [6.07, 6.45) is 0.00601. The zero-order valence-electron chi connectivity index (χ0n) is 10.7. The second kappa shape index (κ2) is 14.0. The smallest absolute Gasteiger partial charge is 0.305 e. The van der Waals surface area contributed by atoms with Gasteiger partial charge in [0, 0.05) is 6.54 Å². The lowest BCUT2D eigenvalue weighted by molar-refractivity contribution is -0.138. The number of ether oxygens (including phenoxy) is 3. The van der Waals surface area contributed by atoms with Crippen LogP contribution in [0, 0.1) is 0 Å². The van der Waals surface area contributed by atoms with Crippen molar-refractivity contribution in [1.82, 2.24) is 5.32 Å². The molecule has 2 N–H and O–H groups in total. The topological polar surface area (TPSA) is 94.1 Å². The number of carboxylic acid groups (broad SMARTS) is 1. The van der Waals surface area contributed by atoms with E-state index in [1.54, 1.807) is 0 Å². The molecule has 0 aromatic heterocycles. The number of rotatable bonds is 13. The molecule has 0 aliphatic carbocycles. The van der Waals surface area contributed by atoms with E-state index in [4.69, 9.17) is 19.3 Å². The van der Waals surface area contributed by atoms with Gasteiger partial charge in [-0.1, -0.05) is 22.6 Å². The average Bonchev–Trinajstić information content (AvgIpc) is 2.39. The number of aliphatic carboxylic acids is 1. The molecule has 0 rings (SSSR count). The Morgan fingerprint density at radius 2 is 1.47 bits per heavy atom. The first-order chi connectivity index (χ1) is 9.16. The van der Waals surface area contributed by atoms with Crippen molar-refractivity contribution in [2.75, 3.05) is 50.6 Å². The van der Waals surface area contributed by atoms with E-state index in [-0.39, 0.29) is 18.9 Å². The predicted octanol–water partition coefficient (Wildman–Crippen LogP) is 0.0621. The van der Waals surface area contributed by atoms with Gasteiger partial charge in [0.15, 0.2) is 0 Å². The van der Waals surface area contributed by atoms with Crippen LogP contribution in [0.3, 0.4) is 0 Å². The lowest BCUT2D eigenvalue weighted by Crippen LogP contribution is -2.28. The molecule has 0 saturated carbocycles. The maximum atomic E-state index is 10.9. The summed E-state index contributed by atoms with van der Waals surface area (Å²) in [5.74, 6) is -0.872. The third-order valence-electron chi connectivity index (χ3n) is 1.89. The molecule has 0 fully saturated rings. The Kier molecular flexibility index (Phi) is 13.6. The number of hydrogen-bond acceptors (Lipinski definition) is 5. The Morgan fingerprint density at radius 3 is 2.00 bits per heavy atom. The summed E-state index contributed by atoms with van der Waals surface area (Å²) in [4.78, 5) is 21.0. The molecule has 1 amide bonds. The van der Waals surface area contributed by atoms with E-state index in [2.05, 4.69) is 5.32 Å². The fourth-order valence-corrected chi connectivity index (χ4v) is 1.28. The van der Waals surface area contributed by atoms with Crippen LogP contribution < -0.4 is 5.32 Å². The van der Waals surface area contributed by atoms with Crippen molar-refractivity contribution in [2.45, 2.75) is 6.42 Å². The van der Waals surface area contributed by atoms with Crippen LogP contribution in [0.2, 0.25) is 0 Å². The molecule has 0 saturated heterocycles. The maximum Gasteiger partial charge on any atom is 0.305 e. The summed E-state index contributed by atoms with van der Waals surface area (Å²) in [6, 6.07) is 0. The Bertz CT molecular complexity index is 251. The van der Waals surface area contributed by atoms with Gasteiger partial charge < -0.3 is 24.6 Å². The molecule has 0 atom stereocenters. The van der Waals surface area contributed by atoms with Crippen molar-refractivity contribution < 1.29 is 28.9 Å². The number of carboxylic acids is 1. The van der Waals surface area contributed by atoms with Crippen molar-refractivity contribution >= 4 is 34.5 Å². The molecule has 0 bridgehead atoms. The van der Waals surface area contributed by atoms with Gasteiger partial charge in [0.05, 0.1) is 50.5 Å². The highest BCUT2D eigenvalue weighted by Gasteiger charge is 1.97. The van der Waals surface area contributed by atoms with Crippen LogP contribution >= 0.6 is 22.6 Å². The molecule has 8 heteroatoms. The highest BCUT2D eigenvalue weighted by Crippen LogP contribution is 1.85. The van der Waals surface area contributed by atoms with Gasteiger partial charge in [-0.05, 0) is 0 Å². The second-order valence-electron chi connectivity index (χ2n) is 3.46. The van der Waals surface area contributed by atoms with Crippen molar-refractivity contribution in [3.63, 3.8) is 0 Å². The van der Waals surface area contributed by atoms with Crippen LogP contribution in [-0.2, 0) is 23.8 Å². The van der Waals surface area contributed by atoms with Gasteiger partial charge in [0.25, 0.3) is 0 Å². The molecular weight excluding hydrogens is 369 g/mol. The van der Waals surface area contributed by atoms with E-state index in [1.807, 2.05) is 22.6 Å². The van der Waals surface area contributed by atoms with Gasteiger partial charge in [0.2, 0.25) is 5.91 Å². The summed E-state index contributed by atoms with van der Waals surface area (Å²) < 4.78 is 15.9. The normalized spacial score (nSPS) is 10.4. The average molecular weight is 389 g/mol. The highest BCUT2D eigenvalue weighted by molar-refractivity contribution is 14.1. The predicted molar refractivity (Wildman–Crippen MR) is 76.6 cm³/mol. The van der Waals surface area contributed by atoms with Gasteiger partial charge in [-0.25, -0.2) is 0 Å². The van der Waals surface area contributed by atoms with E-state index in [1.165, 1.54) is 0 Å². The number of amides is 1. The minimum Gasteiger partial charge on any atom is -0.481 e. The van der Waals surface area contributed by atoms with Crippen LogP contribution in [0.1, 0.15) is 6.42 Å². The third kappa shape index (κ3) is 15.5. The molecule has 0 radical (unpaired) electrons. The summed E-state index contributed by atoms with van der Waals surface area (Å²) >= 11 is 1.99. The van der Waals surface area contributed by atoms with Crippen LogP contribution in [0.5, 0.6) is 0 Å². The molecule has 0 heterocycles. The summed E-state index contributed by atoms with van der Waals surface area (Å²) in [6.45, 7) is 2.85. The highest BCUT2D eigenvalue weighted by atomic mass is 127. The number of hydrogen-bond donors (Lipinski definition) is 2. The largest absolute Gasteiger partial charge is 0.481 e. The molecular formula is C11H20INO6. The molecule has 0 aliphatic heterocycles. The number of carbonyl (C=O) groups excluding carboxylic acids is 1. The second-order valence-corrected chi connectivity index (χ2v) is 4.23. The van der Waals surface area contributed by atoms with Crippen LogP contribution in [0.25, 0.3) is 0 Å². The van der Waals surface area contributed by atoms with E-state index < -0.39 is 5.97 Å². The summed E-state index contributed by atoms with van der Waals surface area (Å²) in [5, 5.41) is 11.0. The lowest BCUT2D eigenvalue weighted by Gasteiger charge is -2.06. The van der Waals surface area contributed by atoms with Crippen molar-refractivity contribution in [1.29, 1.82) is 0 Å². The Hall–Kier alpha value is -0.450. The van der Waals surface area contributed by atoms with Gasteiger partial charge in [-0.3, -0.25) is 9.59 Å². The number of carbonyl (C=O) groups is 2. The Morgan fingerprint density at radius 1 is 0.947 bits per heavy atom. The van der Waals surface area contributed by atoms with Crippen molar-refractivity contribution in [3.8, 4) is 0 Å². The van der Waals surface area contributed by atoms with Crippen LogP contribution in [-0.4, -0.2) is 67.6 Å². The summed E-state index contributed by atoms with van der Waals surface area (Å²) in [5.41, 5.74) is 0. The van der Waals surface area contributed by atoms with E-state index in [0.717, 1.165) is 0 Å². The van der Waals surface area contributed by atoms with Gasteiger partial charge in [-0.2, -0.15) is 0 Å². The fourth-order valence-electron chi connectivity index (χ4n) is 1.01. The Balaban J connectivity index is 3.03. The zero-order valence-corrected chi connectivity index (χ0v) is 12.9. The summed E-state index contributed by atoms with van der Waals surface area (Å²) in [7, 11) is 0. The monoisotopic (exact) mass is 389 g/mol. The standard InChI is InChI=1S/C11H20INO6/c12-9-10(14)13-2-4-18-6-8-19-7-5-17-3-1-11(15)16/h1-9H2,(H,13,14)(H,15,16). The third-order valence-corrected chi connectivity index (χ3v) is 2.59. The number of alkyl halides is 1. The molecule has 0 spiro atoms. The quantitative estimate of drug-likeness (QED) is 0.263. The molecule has 0 aliphatic rings. The molecule has 0 unspecified atom stereocenters. The SMILES string of the molecule is O=C(O)CCOCCOCCOCCNC(=O)CI. The fraction of sp³-hybridized carbons (Fsp3) is 0.818. The molecule has 7 nitrogen and oxygen atoms in total. The van der Waals surface area contributed by atoms with Crippen molar-refractivity contribution in [2.24, 2.45) is 0 Å². The van der Waals surface area contributed by atoms with Crippen LogP contribution in [0.15, 0.2) is 0 Å². The number of halogens is 1. The minimum atomic E-state index is -0.871. The van der Waals surface area contributed by atoms with E-state index in [0.29, 0.717) is 44.0 Å². The van der Waals surface area contributed by atoms with Gasteiger partial charge in [-0.15, -0.1) is 0 Å². The van der Waals surface area contributed by atoms with E-state index >= 15 is 0 Å². The first-order valence-electron chi connectivity index (χ1n) is 5.94. The molecule has 0 aromatic rings. The number of nitrogens with one attached hydrogen (secondary N) is 1. The maximum absolute atomic E-state index is 10.9. The molecule has 19 heavy (non-hydrogen) atoms. The van der Waals surface area contributed by atoms with Crippen molar-refractivity contribution in [3.05, 3.63) is 0 Å².